The van der Waals surface area contributed by atoms with Gasteiger partial charge in [0.15, 0.2) is 11.5 Å². The van der Waals surface area contributed by atoms with E-state index in [1.54, 1.807) is 23.1 Å². The van der Waals surface area contributed by atoms with Gasteiger partial charge in [-0.1, -0.05) is 39.0 Å². The lowest BCUT2D eigenvalue weighted by atomic mass is 9.86. The van der Waals surface area contributed by atoms with Crippen molar-refractivity contribution in [2.24, 2.45) is 0 Å². The van der Waals surface area contributed by atoms with Gasteiger partial charge in [0.1, 0.15) is 0 Å². The molecule has 6 nitrogen and oxygen atoms in total. The van der Waals surface area contributed by atoms with E-state index in [1.165, 1.54) is 7.11 Å². The quantitative estimate of drug-likeness (QED) is 0.606. The minimum absolute atomic E-state index is 0.0123. The molecule has 0 aliphatic heterocycles. The molecule has 2 rings (SSSR count). The number of ether oxygens (including phenoxy) is 1. The molecule has 0 radical (unpaired) electrons. The highest BCUT2D eigenvalue weighted by molar-refractivity contribution is 7.86. The van der Waals surface area contributed by atoms with Crippen molar-refractivity contribution in [3.63, 3.8) is 0 Å². The average Bonchev–Trinajstić information content (AvgIpc) is 2.63. The van der Waals surface area contributed by atoms with Gasteiger partial charge in [0.05, 0.1) is 13.4 Å². The molecule has 0 N–H and O–H groups in total. The Kier molecular flexibility index (Phi) is 7.18. The Hall–Kier alpha value is -2.54. The van der Waals surface area contributed by atoms with E-state index >= 15 is 0 Å². The number of amides is 1. The number of hydrogen-bond donors (Lipinski definition) is 0. The second-order valence-corrected chi connectivity index (χ2v) is 10.2. The standard InChI is InChI=1S/C23H31NO5S/c1-16(2)24(22(25)18-9-11-19(12-10-18)23(3,4)5)15-17-8-13-20(28-6)21(14-17)29-30(7,26)27/h8-14,16H,15H2,1-7H3. The number of methoxy groups -OCH3 is 1. The van der Waals surface area contributed by atoms with Crippen LogP contribution in [0.3, 0.4) is 0 Å². The molecule has 7 heteroatoms. The highest BCUT2D eigenvalue weighted by Gasteiger charge is 2.21. The van der Waals surface area contributed by atoms with Crippen molar-refractivity contribution in [2.45, 2.75) is 52.6 Å². The zero-order chi connectivity index (χ0) is 22.7. The zero-order valence-electron chi connectivity index (χ0n) is 18.7. The van der Waals surface area contributed by atoms with Crippen molar-refractivity contribution in [1.82, 2.24) is 4.90 Å². The molecule has 0 aliphatic rings. The fraction of sp³-hybridized carbons (Fsp3) is 0.435. The minimum atomic E-state index is -3.71. The summed E-state index contributed by atoms with van der Waals surface area (Å²) >= 11 is 0. The Bertz CT molecular complexity index is 989. The maximum Gasteiger partial charge on any atom is 0.306 e. The summed E-state index contributed by atoms with van der Waals surface area (Å²) in [6.45, 7) is 10.6. The molecule has 0 bridgehead atoms. The Morgan fingerprint density at radius 3 is 2.10 bits per heavy atom. The molecular weight excluding hydrogens is 402 g/mol. The van der Waals surface area contributed by atoms with E-state index in [9.17, 15) is 13.2 Å². The van der Waals surface area contributed by atoms with E-state index in [0.717, 1.165) is 17.4 Å². The summed E-state index contributed by atoms with van der Waals surface area (Å²) in [5.74, 6) is 0.319. The van der Waals surface area contributed by atoms with Crippen molar-refractivity contribution >= 4 is 16.0 Å². The summed E-state index contributed by atoms with van der Waals surface area (Å²) in [5.41, 5.74) is 2.52. The molecule has 0 saturated heterocycles. The lowest BCUT2D eigenvalue weighted by Crippen LogP contribution is -2.36. The SMILES string of the molecule is COc1ccc(CN(C(=O)c2ccc(C(C)(C)C)cc2)C(C)C)cc1OS(C)(=O)=O. The molecule has 0 fully saturated rings. The second kappa shape index (κ2) is 9.08. The zero-order valence-corrected chi connectivity index (χ0v) is 19.5. The number of hydrogen-bond acceptors (Lipinski definition) is 5. The molecule has 0 heterocycles. The molecule has 0 unspecified atom stereocenters. The van der Waals surface area contributed by atoms with Crippen molar-refractivity contribution < 1.29 is 22.1 Å². The smallest absolute Gasteiger partial charge is 0.306 e. The van der Waals surface area contributed by atoms with E-state index in [0.29, 0.717) is 17.9 Å². The van der Waals surface area contributed by atoms with Crippen LogP contribution in [0.15, 0.2) is 42.5 Å². The predicted molar refractivity (Wildman–Crippen MR) is 119 cm³/mol. The first-order chi connectivity index (χ1) is 13.8. The molecule has 164 valence electrons. The topological polar surface area (TPSA) is 72.9 Å². The van der Waals surface area contributed by atoms with Crippen LogP contribution in [0.4, 0.5) is 0 Å². The van der Waals surface area contributed by atoms with Crippen molar-refractivity contribution in [3.05, 3.63) is 59.2 Å². The van der Waals surface area contributed by atoms with Crippen LogP contribution in [-0.2, 0) is 22.1 Å². The number of rotatable bonds is 7. The molecule has 0 spiro atoms. The molecule has 2 aromatic rings. The van der Waals surface area contributed by atoms with Crippen LogP contribution in [0, 0.1) is 0 Å². The third kappa shape index (κ3) is 6.23. The third-order valence-corrected chi connectivity index (χ3v) is 5.19. The van der Waals surface area contributed by atoms with Gasteiger partial charge in [-0.05, 0) is 54.7 Å². The van der Waals surface area contributed by atoms with Crippen LogP contribution in [0.2, 0.25) is 0 Å². The summed E-state index contributed by atoms with van der Waals surface area (Å²) in [7, 11) is -2.27. The normalized spacial score (nSPS) is 12.0. The first-order valence-electron chi connectivity index (χ1n) is 9.79. The summed E-state index contributed by atoms with van der Waals surface area (Å²) in [5, 5.41) is 0. The summed E-state index contributed by atoms with van der Waals surface area (Å²) in [4.78, 5) is 14.9. The summed E-state index contributed by atoms with van der Waals surface area (Å²) in [6.07, 6.45) is 0.976. The van der Waals surface area contributed by atoms with Crippen LogP contribution in [0.5, 0.6) is 11.5 Å². The van der Waals surface area contributed by atoms with Gasteiger partial charge in [-0.3, -0.25) is 4.79 Å². The van der Waals surface area contributed by atoms with E-state index in [4.69, 9.17) is 8.92 Å². The molecule has 0 aromatic heterocycles. The van der Waals surface area contributed by atoms with Gasteiger partial charge in [0.25, 0.3) is 5.91 Å². The van der Waals surface area contributed by atoms with Crippen molar-refractivity contribution in [2.75, 3.05) is 13.4 Å². The molecular formula is C23H31NO5S. The van der Waals surface area contributed by atoms with Gasteiger partial charge in [-0.2, -0.15) is 8.42 Å². The van der Waals surface area contributed by atoms with E-state index in [-0.39, 0.29) is 23.1 Å². The predicted octanol–water partition coefficient (Wildman–Crippen LogP) is 4.38. The fourth-order valence-electron chi connectivity index (χ4n) is 3.01. The molecule has 0 atom stereocenters. The van der Waals surface area contributed by atoms with E-state index in [1.807, 2.05) is 38.1 Å². The number of benzene rings is 2. The maximum absolute atomic E-state index is 13.2. The largest absolute Gasteiger partial charge is 0.493 e. The number of carbonyl (C=O) groups excluding carboxylic acids is 1. The first kappa shape index (κ1) is 23.7. The third-order valence-electron chi connectivity index (χ3n) is 4.70. The molecule has 2 aromatic carbocycles. The highest BCUT2D eigenvalue weighted by atomic mass is 32.2. The minimum Gasteiger partial charge on any atom is -0.493 e. The first-order valence-corrected chi connectivity index (χ1v) is 11.6. The van der Waals surface area contributed by atoms with Crippen LogP contribution >= 0.6 is 0 Å². The Labute approximate surface area is 179 Å². The lowest BCUT2D eigenvalue weighted by molar-refractivity contribution is 0.0690. The number of nitrogens with zero attached hydrogens (tertiary/aromatic N) is 1. The van der Waals surface area contributed by atoms with Crippen LogP contribution in [-0.4, -0.2) is 38.6 Å². The molecule has 0 aliphatic carbocycles. The summed E-state index contributed by atoms with van der Waals surface area (Å²) in [6, 6.07) is 12.6. The Morgan fingerprint density at radius 1 is 1.03 bits per heavy atom. The van der Waals surface area contributed by atoms with Crippen LogP contribution in [0.25, 0.3) is 0 Å². The second-order valence-electron chi connectivity index (χ2n) is 8.63. The average molecular weight is 434 g/mol. The monoisotopic (exact) mass is 433 g/mol. The highest BCUT2D eigenvalue weighted by Crippen LogP contribution is 2.30. The Morgan fingerprint density at radius 2 is 1.63 bits per heavy atom. The number of carbonyl (C=O) groups is 1. The summed E-state index contributed by atoms with van der Waals surface area (Å²) < 4.78 is 33.3. The van der Waals surface area contributed by atoms with Gasteiger partial charge in [0, 0.05) is 18.2 Å². The van der Waals surface area contributed by atoms with E-state index in [2.05, 4.69) is 20.8 Å². The van der Waals surface area contributed by atoms with Crippen molar-refractivity contribution in [3.8, 4) is 11.5 Å². The molecule has 1 amide bonds. The van der Waals surface area contributed by atoms with Gasteiger partial charge in [-0.25, -0.2) is 0 Å². The van der Waals surface area contributed by atoms with Gasteiger partial charge < -0.3 is 13.8 Å². The van der Waals surface area contributed by atoms with Gasteiger partial charge >= 0.3 is 10.1 Å². The van der Waals surface area contributed by atoms with Gasteiger partial charge in [-0.15, -0.1) is 0 Å². The molecule has 0 saturated carbocycles. The Balaban J connectivity index is 2.31. The maximum atomic E-state index is 13.2. The van der Waals surface area contributed by atoms with Crippen LogP contribution < -0.4 is 8.92 Å². The van der Waals surface area contributed by atoms with Crippen molar-refractivity contribution in [1.29, 1.82) is 0 Å². The van der Waals surface area contributed by atoms with Crippen LogP contribution in [0.1, 0.15) is 56.1 Å². The lowest BCUT2D eigenvalue weighted by Gasteiger charge is -2.28. The molecule has 30 heavy (non-hydrogen) atoms. The van der Waals surface area contributed by atoms with E-state index < -0.39 is 10.1 Å². The van der Waals surface area contributed by atoms with Gasteiger partial charge in [0.2, 0.25) is 0 Å². The fourth-order valence-corrected chi connectivity index (χ4v) is 3.47.